The second-order valence-corrected chi connectivity index (χ2v) is 4.90. The van der Waals surface area contributed by atoms with Crippen molar-refractivity contribution in [1.29, 1.82) is 0 Å². The van der Waals surface area contributed by atoms with Crippen LogP contribution in [0.2, 0.25) is 0 Å². The number of aromatic hydroxyl groups is 1. The second kappa shape index (κ2) is 6.44. The van der Waals surface area contributed by atoms with E-state index >= 15 is 0 Å². The summed E-state index contributed by atoms with van der Waals surface area (Å²) in [7, 11) is 0. The van der Waals surface area contributed by atoms with Crippen molar-refractivity contribution in [3.05, 3.63) is 64.7 Å². The molecule has 1 amide bonds. The van der Waals surface area contributed by atoms with Crippen LogP contribution in [0.3, 0.4) is 0 Å². The lowest BCUT2D eigenvalue weighted by Crippen LogP contribution is -2.22. The predicted molar refractivity (Wildman–Crippen MR) is 80.0 cm³/mol. The van der Waals surface area contributed by atoms with Gasteiger partial charge in [0.05, 0.1) is 0 Å². The lowest BCUT2D eigenvalue weighted by Gasteiger charge is -2.07. The zero-order chi connectivity index (χ0) is 14.5. The van der Waals surface area contributed by atoms with Gasteiger partial charge in [-0.15, -0.1) is 11.6 Å². The first-order valence-electron chi connectivity index (χ1n) is 6.32. The maximum Gasteiger partial charge on any atom is 0.251 e. The van der Waals surface area contributed by atoms with Crippen LogP contribution < -0.4 is 5.32 Å². The minimum atomic E-state index is -0.163. The standard InChI is InChI=1S/C16H16ClNO2/c1-11-7-14(5-6-15(11)19)16(20)18-10-13-4-2-3-12(8-13)9-17/h2-8,19H,9-10H2,1H3,(H,18,20). The summed E-state index contributed by atoms with van der Waals surface area (Å²) in [6.45, 7) is 2.21. The topological polar surface area (TPSA) is 49.3 Å². The van der Waals surface area contributed by atoms with Crippen molar-refractivity contribution in [3.63, 3.8) is 0 Å². The molecule has 0 fully saturated rings. The van der Waals surface area contributed by atoms with E-state index < -0.39 is 0 Å². The lowest BCUT2D eigenvalue weighted by atomic mass is 10.1. The molecule has 2 rings (SSSR count). The first-order valence-corrected chi connectivity index (χ1v) is 6.85. The van der Waals surface area contributed by atoms with E-state index in [4.69, 9.17) is 11.6 Å². The van der Waals surface area contributed by atoms with Crippen LogP contribution in [0.15, 0.2) is 42.5 Å². The fourth-order valence-electron chi connectivity index (χ4n) is 1.90. The Morgan fingerprint density at radius 1 is 1.20 bits per heavy atom. The maximum absolute atomic E-state index is 12.0. The summed E-state index contributed by atoms with van der Waals surface area (Å²) in [6, 6.07) is 12.6. The van der Waals surface area contributed by atoms with Crippen molar-refractivity contribution in [2.45, 2.75) is 19.3 Å². The van der Waals surface area contributed by atoms with E-state index in [1.165, 1.54) is 6.07 Å². The Bertz CT molecular complexity index is 626. The molecular formula is C16H16ClNO2. The van der Waals surface area contributed by atoms with Gasteiger partial charge in [0, 0.05) is 18.0 Å². The molecule has 4 heteroatoms. The Morgan fingerprint density at radius 3 is 2.65 bits per heavy atom. The molecule has 0 saturated heterocycles. The molecule has 0 saturated carbocycles. The summed E-state index contributed by atoms with van der Waals surface area (Å²) in [5.41, 5.74) is 3.25. The summed E-state index contributed by atoms with van der Waals surface area (Å²) in [5, 5.41) is 12.3. The van der Waals surface area contributed by atoms with Crippen LogP contribution in [0.4, 0.5) is 0 Å². The van der Waals surface area contributed by atoms with Crippen LogP contribution in [0.1, 0.15) is 27.0 Å². The van der Waals surface area contributed by atoms with Gasteiger partial charge >= 0.3 is 0 Å². The molecule has 0 aliphatic rings. The lowest BCUT2D eigenvalue weighted by molar-refractivity contribution is 0.0951. The van der Waals surface area contributed by atoms with Crippen LogP contribution in [-0.4, -0.2) is 11.0 Å². The molecule has 0 spiro atoms. The summed E-state index contributed by atoms with van der Waals surface area (Å²) in [6.07, 6.45) is 0. The third-order valence-corrected chi connectivity index (χ3v) is 3.37. The number of amides is 1. The van der Waals surface area contributed by atoms with E-state index in [2.05, 4.69) is 5.32 Å². The number of phenolic OH excluding ortho intramolecular Hbond substituents is 1. The van der Waals surface area contributed by atoms with E-state index in [9.17, 15) is 9.90 Å². The third kappa shape index (κ3) is 3.52. The summed E-state index contributed by atoms with van der Waals surface area (Å²) >= 11 is 5.78. The highest BCUT2D eigenvalue weighted by molar-refractivity contribution is 6.17. The summed E-state index contributed by atoms with van der Waals surface area (Å²) in [4.78, 5) is 12.0. The van der Waals surface area contributed by atoms with E-state index in [0.29, 0.717) is 23.6 Å². The van der Waals surface area contributed by atoms with Crippen LogP contribution in [0.5, 0.6) is 5.75 Å². The number of carbonyl (C=O) groups is 1. The molecular weight excluding hydrogens is 274 g/mol. The van der Waals surface area contributed by atoms with Gasteiger partial charge in [-0.05, 0) is 41.8 Å². The van der Waals surface area contributed by atoms with Crippen LogP contribution in [0.25, 0.3) is 0 Å². The van der Waals surface area contributed by atoms with E-state index in [1.54, 1.807) is 19.1 Å². The largest absolute Gasteiger partial charge is 0.508 e. The number of benzene rings is 2. The fraction of sp³-hybridized carbons (Fsp3) is 0.188. The Morgan fingerprint density at radius 2 is 1.95 bits per heavy atom. The molecule has 20 heavy (non-hydrogen) atoms. The highest BCUT2D eigenvalue weighted by atomic mass is 35.5. The number of phenols is 1. The van der Waals surface area contributed by atoms with Gasteiger partial charge in [-0.1, -0.05) is 24.3 Å². The summed E-state index contributed by atoms with van der Waals surface area (Å²) < 4.78 is 0. The van der Waals surface area contributed by atoms with Crippen molar-refractivity contribution in [2.24, 2.45) is 0 Å². The number of rotatable bonds is 4. The molecule has 2 N–H and O–H groups in total. The Labute approximate surface area is 123 Å². The monoisotopic (exact) mass is 289 g/mol. The second-order valence-electron chi connectivity index (χ2n) is 4.64. The first kappa shape index (κ1) is 14.4. The average molecular weight is 290 g/mol. The van der Waals surface area contributed by atoms with Gasteiger partial charge in [-0.25, -0.2) is 0 Å². The quantitative estimate of drug-likeness (QED) is 0.848. The minimum absolute atomic E-state index is 0.163. The van der Waals surface area contributed by atoms with Gasteiger partial charge in [0.2, 0.25) is 0 Å². The van der Waals surface area contributed by atoms with E-state index in [-0.39, 0.29) is 11.7 Å². The molecule has 0 atom stereocenters. The molecule has 2 aromatic rings. The normalized spacial score (nSPS) is 10.3. The molecule has 0 unspecified atom stereocenters. The van der Waals surface area contributed by atoms with Gasteiger partial charge in [0.1, 0.15) is 5.75 Å². The number of aryl methyl sites for hydroxylation is 1. The number of nitrogens with one attached hydrogen (secondary N) is 1. The highest BCUT2D eigenvalue weighted by Crippen LogP contribution is 2.17. The number of hydrogen-bond donors (Lipinski definition) is 2. The molecule has 0 aliphatic carbocycles. The zero-order valence-electron chi connectivity index (χ0n) is 11.2. The fourth-order valence-corrected chi connectivity index (χ4v) is 2.07. The molecule has 0 aliphatic heterocycles. The van der Waals surface area contributed by atoms with Gasteiger partial charge in [-0.3, -0.25) is 4.79 Å². The molecule has 3 nitrogen and oxygen atoms in total. The van der Waals surface area contributed by atoms with E-state index in [0.717, 1.165) is 11.1 Å². The number of hydrogen-bond acceptors (Lipinski definition) is 2. The van der Waals surface area contributed by atoms with Gasteiger partial charge < -0.3 is 10.4 Å². The Balaban J connectivity index is 2.02. The van der Waals surface area contributed by atoms with Crippen LogP contribution >= 0.6 is 11.6 Å². The van der Waals surface area contributed by atoms with Crippen molar-refractivity contribution in [2.75, 3.05) is 0 Å². The van der Waals surface area contributed by atoms with Crippen molar-refractivity contribution in [3.8, 4) is 5.75 Å². The van der Waals surface area contributed by atoms with Gasteiger partial charge in [-0.2, -0.15) is 0 Å². The number of alkyl halides is 1. The van der Waals surface area contributed by atoms with Crippen molar-refractivity contribution >= 4 is 17.5 Å². The average Bonchev–Trinajstić information content (AvgIpc) is 2.47. The molecule has 0 radical (unpaired) electrons. The van der Waals surface area contributed by atoms with E-state index in [1.807, 2.05) is 24.3 Å². The Hall–Kier alpha value is -2.00. The first-order chi connectivity index (χ1) is 9.60. The molecule has 2 aromatic carbocycles. The number of carbonyl (C=O) groups excluding carboxylic acids is 1. The Kier molecular flexibility index (Phi) is 4.64. The van der Waals surface area contributed by atoms with Crippen molar-refractivity contribution < 1.29 is 9.90 Å². The highest BCUT2D eigenvalue weighted by Gasteiger charge is 2.07. The smallest absolute Gasteiger partial charge is 0.251 e. The summed E-state index contributed by atoms with van der Waals surface area (Å²) in [5.74, 6) is 0.486. The van der Waals surface area contributed by atoms with Crippen LogP contribution in [0, 0.1) is 6.92 Å². The molecule has 0 aromatic heterocycles. The molecule has 0 bridgehead atoms. The third-order valence-electron chi connectivity index (χ3n) is 3.06. The zero-order valence-corrected chi connectivity index (χ0v) is 11.9. The van der Waals surface area contributed by atoms with Gasteiger partial charge in [0.25, 0.3) is 5.91 Å². The minimum Gasteiger partial charge on any atom is -0.508 e. The van der Waals surface area contributed by atoms with Crippen LogP contribution in [-0.2, 0) is 12.4 Å². The SMILES string of the molecule is Cc1cc(C(=O)NCc2cccc(CCl)c2)ccc1O. The molecule has 104 valence electrons. The number of halogens is 1. The van der Waals surface area contributed by atoms with Gasteiger partial charge in [0.15, 0.2) is 0 Å². The van der Waals surface area contributed by atoms with Crippen molar-refractivity contribution in [1.82, 2.24) is 5.32 Å². The maximum atomic E-state index is 12.0. The predicted octanol–water partition coefficient (Wildman–Crippen LogP) is 3.37. The molecule has 0 heterocycles.